The fraction of sp³-hybridized carbons (Fsp3) is 0. The maximum absolute atomic E-state index is 6.53. The fourth-order valence-corrected chi connectivity index (χ4v) is 11.1. The van der Waals surface area contributed by atoms with E-state index < -0.39 is 0 Å². The first-order chi connectivity index (χ1) is 31.2. The molecule has 13 aromatic rings. The van der Waals surface area contributed by atoms with Crippen LogP contribution in [-0.4, -0.2) is 0 Å². The van der Waals surface area contributed by atoms with Crippen molar-refractivity contribution in [2.24, 2.45) is 0 Å². The number of nitrogens with zero attached hydrogens (tertiary/aromatic N) is 1. The lowest BCUT2D eigenvalue weighted by atomic mass is 9.94. The maximum Gasteiger partial charge on any atom is 0.136 e. The Bertz CT molecular complexity index is 3890. The summed E-state index contributed by atoms with van der Waals surface area (Å²) >= 11 is 1.85. The standard InChI is InChI=1S/C60H37NOS/c1-2-10-38(11-3-1)39-22-27-45(28-23-39)61(46-29-24-41(25-30-46)49-16-8-13-40-12-4-5-14-48(40)49)47-31-33-51-44(37-47)21-20-42-36-43(26-32-50(42)51)52-17-9-18-55-58(52)59-56(62-55)35-34-54-53-15-6-7-19-57(53)63-60(54)59/h1-37H. The largest absolute Gasteiger partial charge is 0.456 e. The third-order valence-electron chi connectivity index (χ3n) is 12.9. The van der Waals surface area contributed by atoms with Gasteiger partial charge < -0.3 is 9.32 Å². The molecule has 0 N–H and O–H groups in total. The highest BCUT2D eigenvalue weighted by Crippen LogP contribution is 2.46. The Balaban J connectivity index is 0.913. The van der Waals surface area contributed by atoms with E-state index in [9.17, 15) is 0 Å². The molecular weight excluding hydrogens is 783 g/mol. The lowest BCUT2D eigenvalue weighted by Gasteiger charge is -2.26. The van der Waals surface area contributed by atoms with Gasteiger partial charge in [-0.1, -0.05) is 158 Å². The number of thiophene rings is 1. The molecule has 0 fully saturated rings. The van der Waals surface area contributed by atoms with Crippen molar-refractivity contribution < 1.29 is 4.42 Å². The summed E-state index contributed by atoms with van der Waals surface area (Å²) in [6.07, 6.45) is 0. The van der Waals surface area contributed by atoms with Crippen LogP contribution in [0.4, 0.5) is 17.1 Å². The van der Waals surface area contributed by atoms with E-state index in [0.717, 1.165) is 28.2 Å². The zero-order valence-corrected chi connectivity index (χ0v) is 34.9. The molecule has 11 aromatic carbocycles. The van der Waals surface area contributed by atoms with Gasteiger partial charge >= 0.3 is 0 Å². The van der Waals surface area contributed by atoms with Gasteiger partial charge in [-0.2, -0.15) is 0 Å². The van der Waals surface area contributed by atoms with Gasteiger partial charge in [-0.3, -0.25) is 0 Å². The Labute approximate surface area is 368 Å². The van der Waals surface area contributed by atoms with Crippen LogP contribution >= 0.6 is 11.3 Å². The molecule has 0 saturated heterocycles. The number of hydrogen-bond acceptors (Lipinski definition) is 3. The summed E-state index contributed by atoms with van der Waals surface area (Å²) in [5, 5.41) is 12.3. The fourth-order valence-electron chi connectivity index (χ4n) is 9.84. The van der Waals surface area contributed by atoms with Crippen LogP contribution in [-0.2, 0) is 0 Å². The van der Waals surface area contributed by atoms with Crippen molar-refractivity contribution in [1.82, 2.24) is 0 Å². The quantitative estimate of drug-likeness (QED) is 0.155. The summed E-state index contributed by atoms with van der Waals surface area (Å²) in [4.78, 5) is 2.37. The predicted octanol–water partition coefficient (Wildman–Crippen LogP) is 17.9. The van der Waals surface area contributed by atoms with Gasteiger partial charge in [-0.05, 0) is 132 Å². The molecule has 0 bridgehead atoms. The normalized spacial score (nSPS) is 11.8. The zero-order valence-electron chi connectivity index (χ0n) is 34.1. The van der Waals surface area contributed by atoms with Gasteiger partial charge in [-0.25, -0.2) is 0 Å². The summed E-state index contributed by atoms with van der Waals surface area (Å²) in [6, 6.07) is 81.6. The number of hydrogen-bond donors (Lipinski definition) is 0. The van der Waals surface area contributed by atoms with E-state index in [2.05, 4.69) is 229 Å². The minimum absolute atomic E-state index is 0.918. The summed E-state index contributed by atoms with van der Waals surface area (Å²) in [5.41, 5.74) is 12.4. The van der Waals surface area contributed by atoms with E-state index >= 15 is 0 Å². The van der Waals surface area contributed by atoms with Gasteiger partial charge in [0, 0.05) is 48.0 Å². The summed E-state index contributed by atoms with van der Waals surface area (Å²) < 4.78 is 9.11. The van der Waals surface area contributed by atoms with Crippen LogP contribution in [0.3, 0.4) is 0 Å². The highest BCUT2D eigenvalue weighted by molar-refractivity contribution is 7.26. The van der Waals surface area contributed by atoms with Crippen molar-refractivity contribution in [3.05, 3.63) is 224 Å². The summed E-state index contributed by atoms with van der Waals surface area (Å²) in [7, 11) is 0. The molecule has 294 valence electrons. The average Bonchev–Trinajstić information content (AvgIpc) is 3.93. The Hall–Kier alpha value is -7.98. The topological polar surface area (TPSA) is 16.4 Å². The molecule has 0 aliphatic carbocycles. The molecular formula is C60H37NOS. The first-order valence-corrected chi connectivity index (χ1v) is 22.3. The molecule has 0 saturated carbocycles. The van der Waals surface area contributed by atoms with Crippen molar-refractivity contribution in [2.45, 2.75) is 0 Å². The Morgan fingerprint density at radius 1 is 0.317 bits per heavy atom. The number of rotatable bonds is 6. The van der Waals surface area contributed by atoms with Gasteiger partial charge in [-0.15, -0.1) is 11.3 Å². The van der Waals surface area contributed by atoms with E-state index in [1.54, 1.807) is 0 Å². The van der Waals surface area contributed by atoms with E-state index in [0.29, 0.717) is 0 Å². The van der Waals surface area contributed by atoms with Crippen LogP contribution in [0.1, 0.15) is 0 Å². The number of anilines is 3. The number of furan rings is 1. The van der Waals surface area contributed by atoms with Crippen molar-refractivity contribution in [1.29, 1.82) is 0 Å². The average molecular weight is 820 g/mol. The van der Waals surface area contributed by atoms with Crippen molar-refractivity contribution in [2.75, 3.05) is 4.90 Å². The molecule has 0 unspecified atom stereocenters. The third-order valence-corrected chi connectivity index (χ3v) is 14.1. The van der Waals surface area contributed by atoms with Crippen LogP contribution in [0.2, 0.25) is 0 Å². The first kappa shape index (κ1) is 35.7. The van der Waals surface area contributed by atoms with Crippen LogP contribution in [0.15, 0.2) is 229 Å². The van der Waals surface area contributed by atoms with Crippen LogP contribution in [0.25, 0.3) is 108 Å². The summed E-state index contributed by atoms with van der Waals surface area (Å²) in [5.74, 6) is 0. The van der Waals surface area contributed by atoms with Crippen molar-refractivity contribution in [3.8, 4) is 33.4 Å². The monoisotopic (exact) mass is 819 g/mol. The zero-order chi connectivity index (χ0) is 41.4. The molecule has 2 aromatic heterocycles. The highest BCUT2D eigenvalue weighted by atomic mass is 32.1. The second kappa shape index (κ2) is 14.3. The Kier molecular flexibility index (Phi) is 8.12. The van der Waals surface area contributed by atoms with Crippen molar-refractivity contribution >= 4 is 103 Å². The van der Waals surface area contributed by atoms with Gasteiger partial charge in [0.25, 0.3) is 0 Å². The Morgan fingerprint density at radius 3 is 1.73 bits per heavy atom. The lowest BCUT2D eigenvalue weighted by Crippen LogP contribution is -2.09. The highest BCUT2D eigenvalue weighted by Gasteiger charge is 2.19. The molecule has 0 aliphatic rings. The number of fused-ring (bicyclic) bond motifs is 11. The number of benzene rings is 11. The molecule has 2 nitrogen and oxygen atoms in total. The minimum atomic E-state index is 0.918. The van der Waals surface area contributed by atoms with Crippen LogP contribution in [0.5, 0.6) is 0 Å². The molecule has 0 radical (unpaired) electrons. The predicted molar refractivity (Wildman–Crippen MR) is 270 cm³/mol. The van der Waals surface area contributed by atoms with Gasteiger partial charge in [0.05, 0.1) is 0 Å². The molecule has 13 rings (SSSR count). The summed E-state index contributed by atoms with van der Waals surface area (Å²) in [6.45, 7) is 0. The molecule has 0 amide bonds. The smallest absolute Gasteiger partial charge is 0.136 e. The second-order valence-corrected chi connectivity index (χ2v) is 17.5. The van der Waals surface area contributed by atoms with E-state index in [1.807, 2.05) is 11.3 Å². The van der Waals surface area contributed by atoms with Crippen molar-refractivity contribution in [3.63, 3.8) is 0 Å². The molecule has 0 spiro atoms. The van der Waals surface area contributed by atoms with Crippen LogP contribution < -0.4 is 4.90 Å². The molecule has 2 heterocycles. The first-order valence-electron chi connectivity index (χ1n) is 21.5. The molecule has 63 heavy (non-hydrogen) atoms. The minimum Gasteiger partial charge on any atom is -0.456 e. The lowest BCUT2D eigenvalue weighted by molar-refractivity contribution is 0.669. The van der Waals surface area contributed by atoms with Gasteiger partial charge in [0.2, 0.25) is 0 Å². The molecule has 3 heteroatoms. The molecule has 0 atom stereocenters. The SMILES string of the molecule is c1ccc(-c2ccc(N(c3ccc(-c4cccc5ccccc45)cc3)c3ccc4c(ccc5cc(-c6cccc7oc8ccc9c%10ccccc%10sc9c8c67)ccc54)c3)cc2)cc1. The third kappa shape index (κ3) is 5.85. The van der Waals surface area contributed by atoms with E-state index in [1.165, 1.54) is 96.6 Å². The van der Waals surface area contributed by atoms with E-state index in [4.69, 9.17) is 4.42 Å². The van der Waals surface area contributed by atoms with Crippen LogP contribution in [0, 0.1) is 0 Å². The van der Waals surface area contributed by atoms with Gasteiger partial charge in [0.15, 0.2) is 0 Å². The molecule has 0 aliphatic heterocycles. The van der Waals surface area contributed by atoms with E-state index in [-0.39, 0.29) is 0 Å². The second-order valence-electron chi connectivity index (χ2n) is 16.4. The van der Waals surface area contributed by atoms with Gasteiger partial charge in [0.1, 0.15) is 11.2 Å². The maximum atomic E-state index is 6.53. The Morgan fingerprint density at radius 2 is 0.905 bits per heavy atom.